The molecule has 0 bridgehead atoms. The summed E-state index contributed by atoms with van der Waals surface area (Å²) in [5.41, 5.74) is 9.56. The quantitative estimate of drug-likeness (QED) is 0.771. The van der Waals surface area contributed by atoms with Gasteiger partial charge in [-0.05, 0) is 43.9 Å². The van der Waals surface area contributed by atoms with Crippen molar-refractivity contribution in [3.05, 3.63) is 41.5 Å². The number of nitrogens with two attached hydrogens (primary N) is 1. The molecule has 0 aliphatic heterocycles. The molecule has 2 heteroatoms. The minimum Gasteiger partial charge on any atom is -0.496 e. The topological polar surface area (TPSA) is 35.2 Å². The summed E-state index contributed by atoms with van der Waals surface area (Å²) in [6.45, 7) is 7.95. The van der Waals surface area contributed by atoms with Gasteiger partial charge < -0.3 is 10.5 Å². The molecule has 16 heavy (non-hydrogen) atoms. The highest BCUT2D eigenvalue weighted by Gasteiger charge is 2.08. The van der Waals surface area contributed by atoms with Gasteiger partial charge in [0, 0.05) is 6.04 Å². The van der Waals surface area contributed by atoms with Crippen molar-refractivity contribution in [2.45, 2.75) is 32.7 Å². The minimum absolute atomic E-state index is 0.0613. The summed E-state index contributed by atoms with van der Waals surface area (Å²) in [5.74, 6) is 0.906. The van der Waals surface area contributed by atoms with Gasteiger partial charge in [-0.2, -0.15) is 0 Å². The monoisotopic (exact) mass is 219 g/mol. The molecule has 0 saturated carbocycles. The fraction of sp³-hybridized carbons (Fsp3) is 0.429. The average Bonchev–Trinajstić information content (AvgIpc) is 2.26. The van der Waals surface area contributed by atoms with Gasteiger partial charge >= 0.3 is 0 Å². The zero-order valence-corrected chi connectivity index (χ0v) is 10.4. The standard InChI is InChI=1S/C14H21NO/c1-10(2)5-8-13(15)12-7-6-11(3)14(9-12)16-4/h6-7,9,13H,1,5,8,15H2,2-4H3. The number of allylic oxidation sites excluding steroid dienone is 1. The van der Waals surface area contributed by atoms with Crippen LogP contribution >= 0.6 is 0 Å². The summed E-state index contributed by atoms with van der Waals surface area (Å²) in [7, 11) is 1.69. The molecule has 0 spiro atoms. The Labute approximate surface area is 98.1 Å². The average molecular weight is 219 g/mol. The molecule has 1 unspecified atom stereocenters. The van der Waals surface area contributed by atoms with Crippen molar-refractivity contribution >= 4 is 0 Å². The first-order valence-corrected chi connectivity index (χ1v) is 5.59. The van der Waals surface area contributed by atoms with Gasteiger partial charge in [0.2, 0.25) is 0 Å². The zero-order chi connectivity index (χ0) is 12.1. The van der Waals surface area contributed by atoms with E-state index in [-0.39, 0.29) is 6.04 Å². The van der Waals surface area contributed by atoms with Crippen molar-refractivity contribution in [3.63, 3.8) is 0 Å². The summed E-state index contributed by atoms with van der Waals surface area (Å²) < 4.78 is 5.29. The maximum Gasteiger partial charge on any atom is 0.122 e. The van der Waals surface area contributed by atoms with Crippen LogP contribution in [0.2, 0.25) is 0 Å². The highest BCUT2D eigenvalue weighted by molar-refractivity contribution is 5.37. The van der Waals surface area contributed by atoms with Crippen molar-refractivity contribution in [1.82, 2.24) is 0 Å². The second kappa shape index (κ2) is 5.71. The Morgan fingerprint density at radius 3 is 2.75 bits per heavy atom. The lowest BCUT2D eigenvalue weighted by Gasteiger charge is -2.14. The second-order valence-electron chi connectivity index (χ2n) is 4.33. The summed E-state index contributed by atoms with van der Waals surface area (Å²) in [6.07, 6.45) is 1.90. The Balaban J connectivity index is 2.75. The van der Waals surface area contributed by atoms with Crippen molar-refractivity contribution in [3.8, 4) is 5.75 Å². The van der Waals surface area contributed by atoms with Crippen LogP contribution < -0.4 is 10.5 Å². The molecule has 0 aromatic heterocycles. The van der Waals surface area contributed by atoms with Crippen LogP contribution in [-0.4, -0.2) is 7.11 Å². The third-order valence-corrected chi connectivity index (χ3v) is 2.74. The number of hydrogen-bond acceptors (Lipinski definition) is 2. The van der Waals surface area contributed by atoms with E-state index >= 15 is 0 Å². The van der Waals surface area contributed by atoms with E-state index in [9.17, 15) is 0 Å². The van der Waals surface area contributed by atoms with Crippen LogP contribution in [0.3, 0.4) is 0 Å². The van der Waals surface area contributed by atoms with E-state index in [0.29, 0.717) is 0 Å². The number of hydrogen-bond donors (Lipinski definition) is 1. The molecule has 0 aliphatic carbocycles. The first kappa shape index (κ1) is 12.8. The first-order chi connectivity index (χ1) is 7.54. The van der Waals surface area contributed by atoms with E-state index in [1.807, 2.05) is 19.9 Å². The summed E-state index contributed by atoms with van der Waals surface area (Å²) in [6, 6.07) is 6.21. The van der Waals surface area contributed by atoms with Gasteiger partial charge in [-0.3, -0.25) is 0 Å². The van der Waals surface area contributed by atoms with Crippen molar-refractivity contribution in [2.24, 2.45) is 5.73 Å². The largest absolute Gasteiger partial charge is 0.496 e. The molecule has 0 amide bonds. The second-order valence-corrected chi connectivity index (χ2v) is 4.33. The molecule has 1 rings (SSSR count). The van der Waals surface area contributed by atoms with Crippen molar-refractivity contribution in [1.29, 1.82) is 0 Å². The highest BCUT2D eigenvalue weighted by Crippen LogP contribution is 2.24. The molecule has 0 heterocycles. The van der Waals surface area contributed by atoms with E-state index in [0.717, 1.165) is 29.7 Å². The molecular formula is C14H21NO. The predicted octanol–water partition coefficient (Wildman–Crippen LogP) is 3.36. The number of aryl methyl sites for hydroxylation is 1. The molecule has 2 nitrogen and oxygen atoms in total. The minimum atomic E-state index is 0.0613. The Bertz CT molecular complexity index is 371. The summed E-state index contributed by atoms with van der Waals surface area (Å²) in [4.78, 5) is 0. The Morgan fingerprint density at radius 2 is 2.19 bits per heavy atom. The van der Waals surface area contributed by atoms with Crippen LogP contribution in [0.5, 0.6) is 5.75 Å². The van der Waals surface area contributed by atoms with Crippen LogP contribution in [0.25, 0.3) is 0 Å². The first-order valence-electron chi connectivity index (χ1n) is 5.59. The van der Waals surface area contributed by atoms with Crippen LogP contribution in [0.1, 0.15) is 36.9 Å². The fourth-order valence-corrected chi connectivity index (χ4v) is 1.64. The van der Waals surface area contributed by atoms with E-state index < -0.39 is 0 Å². The Kier molecular flexibility index (Phi) is 4.56. The Hall–Kier alpha value is -1.28. The van der Waals surface area contributed by atoms with Crippen molar-refractivity contribution in [2.75, 3.05) is 7.11 Å². The fourth-order valence-electron chi connectivity index (χ4n) is 1.64. The predicted molar refractivity (Wildman–Crippen MR) is 68.7 cm³/mol. The molecule has 88 valence electrons. The highest BCUT2D eigenvalue weighted by atomic mass is 16.5. The van der Waals surface area contributed by atoms with Gasteiger partial charge in [-0.25, -0.2) is 0 Å². The number of ether oxygens (including phenoxy) is 1. The van der Waals surface area contributed by atoms with Gasteiger partial charge in [-0.15, -0.1) is 6.58 Å². The van der Waals surface area contributed by atoms with Gasteiger partial charge in [0.15, 0.2) is 0 Å². The number of benzene rings is 1. The van der Waals surface area contributed by atoms with E-state index in [4.69, 9.17) is 10.5 Å². The number of methoxy groups -OCH3 is 1. The lowest BCUT2D eigenvalue weighted by Crippen LogP contribution is -2.10. The molecule has 0 saturated heterocycles. The molecule has 1 aromatic carbocycles. The molecule has 1 atom stereocenters. The van der Waals surface area contributed by atoms with Gasteiger partial charge in [0.1, 0.15) is 5.75 Å². The van der Waals surface area contributed by atoms with Crippen LogP contribution in [0.4, 0.5) is 0 Å². The van der Waals surface area contributed by atoms with Crippen LogP contribution in [-0.2, 0) is 0 Å². The van der Waals surface area contributed by atoms with Crippen LogP contribution in [0.15, 0.2) is 30.4 Å². The van der Waals surface area contributed by atoms with E-state index in [2.05, 4.69) is 18.7 Å². The zero-order valence-electron chi connectivity index (χ0n) is 10.4. The smallest absolute Gasteiger partial charge is 0.122 e. The summed E-state index contributed by atoms with van der Waals surface area (Å²) in [5, 5.41) is 0. The van der Waals surface area contributed by atoms with Gasteiger partial charge in [0.05, 0.1) is 7.11 Å². The third-order valence-electron chi connectivity index (χ3n) is 2.74. The molecule has 0 radical (unpaired) electrons. The normalized spacial score (nSPS) is 12.2. The molecular weight excluding hydrogens is 198 g/mol. The van der Waals surface area contributed by atoms with Crippen molar-refractivity contribution < 1.29 is 4.74 Å². The van der Waals surface area contributed by atoms with Gasteiger partial charge in [0.25, 0.3) is 0 Å². The summed E-state index contributed by atoms with van der Waals surface area (Å²) >= 11 is 0. The maximum atomic E-state index is 6.12. The maximum absolute atomic E-state index is 6.12. The van der Waals surface area contributed by atoms with E-state index in [1.165, 1.54) is 5.57 Å². The van der Waals surface area contributed by atoms with Crippen LogP contribution in [0, 0.1) is 6.92 Å². The molecule has 0 aliphatic rings. The Morgan fingerprint density at radius 1 is 1.50 bits per heavy atom. The lowest BCUT2D eigenvalue weighted by molar-refractivity contribution is 0.410. The third kappa shape index (κ3) is 3.38. The molecule has 1 aromatic rings. The lowest BCUT2D eigenvalue weighted by atomic mass is 9.99. The van der Waals surface area contributed by atoms with E-state index in [1.54, 1.807) is 7.11 Å². The SMILES string of the molecule is C=C(C)CCC(N)c1ccc(C)c(OC)c1. The van der Waals surface area contributed by atoms with Gasteiger partial charge in [-0.1, -0.05) is 17.7 Å². The molecule has 2 N–H and O–H groups in total. The molecule has 0 fully saturated rings. The number of rotatable bonds is 5.